The molecule has 0 saturated carbocycles. The van der Waals surface area contributed by atoms with Gasteiger partial charge >= 0.3 is 0 Å². The summed E-state index contributed by atoms with van der Waals surface area (Å²) >= 11 is 0. The normalized spacial score (nSPS) is 26.9. The first kappa shape index (κ1) is 8.06. The van der Waals surface area contributed by atoms with Gasteiger partial charge in [-0.25, -0.2) is 0 Å². The quantitative estimate of drug-likeness (QED) is 0.459. The van der Waals surface area contributed by atoms with Gasteiger partial charge in [-0.05, 0) is 19.3 Å². The van der Waals surface area contributed by atoms with Gasteiger partial charge in [-0.15, -0.1) is 0 Å². The molecule has 0 radical (unpaired) electrons. The molecule has 11 heavy (non-hydrogen) atoms. The lowest BCUT2D eigenvalue weighted by Gasteiger charge is -1.83. The molecule has 0 N–H and O–H groups in total. The fourth-order valence-electron chi connectivity index (χ4n) is 0.945. The summed E-state index contributed by atoms with van der Waals surface area (Å²) < 4.78 is 0. The number of hydrogen-bond acceptors (Lipinski definition) is 0. The van der Waals surface area contributed by atoms with Crippen LogP contribution in [0.3, 0.4) is 0 Å². The van der Waals surface area contributed by atoms with Crippen LogP contribution in [0, 0.1) is 0 Å². The van der Waals surface area contributed by atoms with Crippen molar-refractivity contribution in [3.63, 3.8) is 0 Å². The molecule has 0 bridgehead atoms. The zero-order valence-corrected chi connectivity index (χ0v) is 6.74. The van der Waals surface area contributed by atoms with Crippen molar-refractivity contribution in [3.05, 3.63) is 48.6 Å². The first-order chi connectivity index (χ1) is 5.50. The predicted molar refractivity (Wildman–Crippen MR) is 50.4 cm³/mol. The Morgan fingerprint density at radius 3 is 2.18 bits per heavy atom. The second-order valence-corrected chi connectivity index (χ2v) is 2.53. The summed E-state index contributed by atoms with van der Waals surface area (Å²) in [5.41, 5.74) is 0. The highest BCUT2D eigenvalue weighted by Gasteiger charge is 1.76. The predicted octanol–water partition coefficient (Wildman–Crippen LogP) is 3.40. The first-order valence-corrected chi connectivity index (χ1v) is 4.13. The molecule has 0 fully saturated rings. The zero-order chi connectivity index (χ0) is 7.78. The van der Waals surface area contributed by atoms with E-state index in [1.807, 2.05) is 0 Å². The second kappa shape index (κ2) is 5.72. The molecule has 0 unspecified atom stereocenters. The second-order valence-electron chi connectivity index (χ2n) is 2.53. The highest BCUT2D eigenvalue weighted by Crippen LogP contribution is 1.97. The molecule has 0 heterocycles. The maximum atomic E-state index is 2.24. The van der Waals surface area contributed by atoms with Crippen molar-refractivity contribution in [3.8, 4) is 0 Å². The molecule has 1 aliphatic carbocycles. The monoisotopic (exact) mass is 146 g/mol. The Hall–Kier alpha value is -1.04. The van der Waals surface area contributed by atoms with Crippen LogP contribution in [0.1, 0.15) is 19.3 Å². The molecule has 0 nitrogen and oxygen atoms in total. The molecule has 0 aromatic heterocycles. The van der Waals surface area contributed by atoms with Crippen molar-refractivity contribution in [1.29, 1.82) is 0 Å². The Morgan fingerprint density at radius 2 is 1.27 bits per heavy atom. The van der Waals surface area contributed by atoms with Gasteiger partial charge in [0.1, 0.15) is 0 Å². The fourth-order valence-corrected chi connectivity index (χ4v) is 0.945. The van der Waals surface area contributed by atoms with E-state index in [1.165, 1.54) is 0 Å². The highest BCUT2D eigenvalue weighted by atomic mass is 13.8. The van der Waals surface area contributed by atoms with Crippen molar-refractivity contribution < 1.29 is 0 Å². The molecule has 1 rings (SSSR count). The average Bonchev–Trinajstić information content (AvgIpc) is 2.08. The molecule has 58 valence electrons. The number of hydrogen-bond donors (Lipinski definition) is 0. The standard InChI is InChI=1S/C11H14/c1-2-4-6-8-10-11-9-7-5-3-1/h1-6,9,11H,7-8,10H2/b2-1+,5-3-,6-4?,11-9+. The van der Waals surface area contributed by atoms with E-state index in [2.05, 4.69) is 48.6 Å². The van der Waals surface area contributed by atoms with Gasteiger partial charge in [0.15, 0.2) is 0 Å². The van der Waals surface area contributed by atoms with Gasteiger partial charge in [0.05, 0.1) is 0 Å². The highest BCUT2D eigenvalue weighted by molar-refractivity contribution is 5.12. The molecule has 1 aliphatic rings. The third-order valence-corrected chi connectivity index (χ3v) is 1.54. The smallest absolute Gasteiger partial charge is 0.0166 e. The molecular formula is C11H14. The fraction of sp³-hybridized carbons (Fsp3) is 0.273. The summed E-state index contributed by atoms with van der Waals surface area (Å²) in [4.78, 5) is 0. The Morgan fingerprint density at radius 1 is 0.545 bits per heavy atom. The van der Waals surface area contributed by atoms with E-state index in [9.17, 15) is 0 Å². The summed E-state index contributed by atoms with van der Waals surface area (Å²) in [6.45, 7) is 0. The van der Waals surface area contributed by atoms with Crippen LogP contribution >= 0.6 is 0 Å². The third-order valence-electron chi connectivity index (χ3n) is 1.54. The SMILES string of the molecule is C1=CCC/C=C/C/C=C\C=C\1. The maximum absolute atomic E-state index is 2.24. The van der Waals surface area contributed by atoms with E-state index in [1.54, 1.807) is 0 Å². The van der Waals surface area contributed by atoms with Gasteiger partial charge in [0, 0.05) is 0 Å². The van der Waals surface area contributed by atoms with Crippen LogP contribution < -0.4 is 0 Å². The largest absolute Gasteiger partial charge is 0.0879 e. The average molecular weight is 146 g/mol. The van der Waals surface area contributed by atoms with Gasteiger partial charge in [-0.3, -0.25) is 0 Å². The minimum absolute atomic E-state index is 1.06. The van der Waals surface area contributed by atoms with Crippen LogP contribution in [0.15, 0.2) is 48.6 Å². The summed E-state index contributed by atoms with van der Waals surface area (Å²) in [6, 6.07) is 0. The Kier molecular flexibility index (Phi) is 4.19. The molecule has 0 aliphatic heterocycles. The lowest BCUT2D eigenvalue weighted by Crippen LogP contribution is -1.63. The van der Waals surface area contributed by atoms with Gasteiger partial charge in [-0.1, -0.05) is 48.6 Å². The molecular weight excluding hydrogens is 132 g/mol. The lowest BCUT2D eigenvalue weighted by molar-refractivity contribution is 1.04. The van der Waals surface area contributed by atoms with Crippen LogP contribution in [0.5, 0.6) is 0 Å². The molecule has 0 aromatic carbocycles. The van der Waals surface area contributed by atoms with Crippen LogP contribution in [0.2, 0.25) is 0 Å². The summed E-state index contributed by atoms with van der Waals surface area (Å²) in [7, 11) is 0. The summed E-state index contributed by atoms with van der Waals surface area (Å²) in [6.07, 6.45) is 20.5. The lowest BCUT2D eigenvalue weighted by atomic mass is 10.2. The molecule has 0 spiro atoms. The van der Waals surface area contributed by atoms with E-state index >= 15 is 0 Å². The van der Waals surface area contributed by atoms with E-state index in [0.29, 0.717) is 0 Å². The molecule has 0 heteroatoms. The first-order valence-electron chi connectivity index (χ1n) is 4.13. The van der Waals surface area contributed by atoms with Gasteiger partial charge < -0.3 is 0 Å². The third kappa shape index (κ3) is 4.38. The van der Waals surface area contributed by atoms with Crippen LogP contribution in [-0.2, 0) is 0 Å². The summed E-state index contributed by atoms with van der Waals surface area (Å²) in [5, 5.41) is 0. The van der Waals surface area contributed by atoms with Crippen molar-refractivity contribution >= 4 is 0 Å². The van der Waals surface area contributed by atoms with Crippen LogP contribution in [0.4, 0.5) is 0 Å². The minimum Gasteiger partial charge on any atom is -0.0879 e. The Bertz CT molecular complexity index is 192. The van der Waals surface area contributed by atoms with Crippen molar-refractivity contribution in [2.45, 2.75) is 19.3 Å². The van der Waals surface area contributed by atoms with E-state index in [0.717, 1.165) is 19.3 Å². The van der Waals surface area contributed by atoms with E-state index in [-0.39, 0.29) is 0 Å². The molecule has 0 atom stereocenters. The topological polar surface area (TPSA) is 0 Å². The van der Waals surface area contributed by atoms with Gasteiger partial charge in [0.25, 0.3) is 0 Å². The molecule has 0 aromatic rings. The Balaban J connectivity index is 2.47. The maximum Gasteiger partial charge on any atom is -0.0166 e. The van der Waals surface area contributed by atoms with E-state index in [4.69, 9.17) is 0 Å². The summed E-state index contributed by atoms with van der Waals surface area (Å²) in [5.74, 6) is 0. The van der Waals surface area contributed by atoms with E-state index < -0.39 is 0 Å². The van der Waals surface area contributed by atoms with Gasteiger partial charge in [0.2, 0.25) is 0 Å². The molecule has 0 saturated heterocycles. The van der Waals surface area contributed by atoms with Crippen LogP contribution in [0.25, 0.3) is 0 Å². The van der Waals surface area contributed by atoms with Crippen molar-refractivity contribution in [2.24, 2.45) is 0 Å². The van der Waals surface area contributed by atoms with Gasteiger partial charge in [-0.2, -0.15) is 0 Å². The minimum atomic E-state index is 1.06. The van der Waals surface area contributed by atoms with Crippen LogP contribution in [-0.4, -0.2) is 0 Å². The number of rotatable bonds is 0. The zero-order valence-electron chi connectivity index (χ0n) is 6.74. The van der Waals surface area contributed by atoms with Crippen molar-refractivity contribution in [1.82, 2.24) is 0 Å². The number of allylic oxidation sites excluding steroid dienone is 8. The molecule has 0 amide bonds. The van der Waals surface area contributed by atoms with Crippen molar-refractivity contribution in [2.75, 3.05) is 0 Å². The Labute approximate surface area is 68.6 Å².